The van der Waals surface area contributed by atoms with Gasteiger partial charge in [0.1, 0.15) is 0 Å². The van der Waals surface area contributed by atoms with Crippen LogP contribution < -0.4 is 0 Å². The Morgan fingerprint density at radius 3 is 2.25 bits per heavy atom. The SMILES string of the molecule is COCC[N-]S(=O)(=O)C(F)(F)F. The molecule has 12 heavy (non-hydrogen) atoms. The smallest absolute Gasteiger partial charge is 0.480 e. The highest BCUT2D eigenvalue weighted by Gasteiger charge is 2.38. The van der Waals surface area contributed by atoms with Crippen LogP contribution in [0.3, 0.4) is 0 Å². The van der Waals surface area contributed by atoms with E-state index in [1.807, 2.05) is 0 Å². The summed E-state index contributed by atoms with van der Waals surface area (Å²) in [6.45, 7) is -0.673. The molecule has 8 heteroatoms. The Bertz CT molecular complexity index is 222. The Morgan fingerprint density at radius 2 is 1.92 bits per heavy atom. The van der Waals surface area contributed by atoms with Crippen molar-refractivity contribution in [1.82, 2.24) is 0 Å². The van der Waals surface area contributed by atoms with E-state index in [1.165, 1.54) is 7.11 Å². The maximum atomic E-state index is 11.5. The summed E-state index contributed by atoms with van der Waals surface area (Å²) in [7, 11) is -4.09. The van der Waals surface area contributed by atoms with Crippen LogP contribution in [-0.2, 0) is 14.8 Å². The highest BCUT2D eigenvalue weighted by molar-refractivity contribution is 7.94. The summed E-state index contributed by atoms with van der Waals surface area (Å²) in [6, 6.07) is 0. The first-order valence-corrected chi connectivity index (χ1v) is 4.24. The third kappa shape index (κ3) is 3.37. The van der Waals surface area contributed by atoms with E-state index >= 15 is 0 Å². The Balaban J connectivity index is 4.08. The maximum absolute atomic E-state index is 11.5. The second-order valence-electron chi connectivity index (χ2n) is 1.77. The largest absolute Gasteiger partial charge is 0.539 e. The van der Waals surface area contributed by atoms with E-state index in [0.29, 0.717) is 0 Å². The molecule has 0 radical (unpaired) electrons. The van der Waals surface area contributed by atoms with Gasteiger partial charge in [-0.3, -0.25) is 0 Å². The first kappa shape index (κ1) is 11.7. The van der Waals surface area contributed by atoms with Crippen LogP contribution >= 0.6 is 0 Å². The molecule has 74 valence electrons. The van der Waals surface area contributed by atoms with Crippen LogP contribution in [0.15, 0.2) is 0 Å². The van der Waals surface area contributed by atoms with Crippen molar-refractivity contribution in [2.75, 3.05) is 20.3 Å². The van der Waals surface area contributed by atoms with Crippen molar-refractivity contribution in [3.05, 3.63) is 4.72 Å². The number of halogens is 3. The topological polar surface area (TPSA) is 57.5 Å². The van der Waals surface area contributed by atoms with Gasteiger partial charge in [0.25, 0.3) is 0 Å². The van der Waals surface area contributed by atoms with Gasteiger partial charge in [-0.2, -0.15) is 13.2 Å². The quantitative estimate of drug-likeness (QED) is 0.641. The molecular weight excluding hydrogens is 199 g/mol. The average Bonchev–Trinajstić information content (AvgIpc) is 1.85. The summed E-state index contributed by atoms with van der Waals surface area (Å²) in [5, 5.41) is 0. The van der Waals surface area contributed by atoms with Gasteiger partial charge in [0.05, 0.1) is 0 Å². The number of sulfonamides is 1. The van der Waals surface area contributed by atoms with Crippen molar-refractivity contribution in [2.45, 2.75) is 5.51 Å². The fourth-order valence-corrected chi connectivity index (χ4v) is 0.783. The Kier molecular flexibility index (Phi) is 3.94. The molecule has 0 saturated heterocycles. The molecule has 0 aromatic rings. The molecule has 0 aliphatic heterocycles. The molecule has 0 bridgehead atoms. The van der Waals surface area contributed by atoms with Gasteiger partial charge < -0.3 is 9.46 Å². The number of ether oxygens (including phenoxy) is 1. The van der Waals surface area contributed by atoms with Crippen molar-refractivity contribution in [3.8, 4) is 0 Å². The van der Waals surface area contributed by atoms with Crippen LogP contribution in [0.25, 0.3) is 4.72 Å². The van der Waals surface area contributed by atoms with Gasteiger partial charge in [0.15, 0.2) is 10.0 Å². The minimum absolute atomic E-state index is 0.157. The second-order valence-corrected chi connectivity index (χ2v) is 3.44. The van der Waals surface area contributed by atoms with E-state index in [-0.39, 0.29) is 6.61 Å². The molecule has 0 aliphatic carbocycles. The van der Waals surface area contributed by atoms with Crippen molar-refractivity contribution < 1.29 is 26.3 Å². The summed E-state index contributed by atoms with van der Waals surface area (Å²) in [5.74, 6) is 0. The monoisotopic (exact) mass is 206 g/mol. The highest BCUT2D eigenvalue weighted by Crippen LogP contribution is 2.27. The lowest BCUT2D eigenvalue weighted by Crippen LogP contribution is -2.23. The number of rotatable bonds is 4. The van der Waals surface area contributed by atoms with Crippen molar-refractivity contribution in [2.24, 2.45) is 0 Å². The van der Waals surface area contributed by atoms with E-state index in [1.54, 1.807) is 0 Å². The van der Waals surface area contributed by atoms with Crippen LogP contribution in [-0.4, -0.2) is 34.2 Å². The molecular formula is C4H7F3NO3S-. The zero-order valence-corrected chi connectivity index (χ0v) is 6.94. The molecule has 0 heterocycles. The third-order valence-electron chi connectivity index (χ3n) is 0.849. The fraction of sp³-hybridized carbons (Fsp3) is 1.00. The van der Waals surface area contributed by atoms with Gasteiger partial charge in [0, 0.05) is 13.7 Å². The summed E-state index contributed by atoms with van der Waals surface area (Å²) in [4.78, 5) is 0. The number of alkyl halides is 3. The third-order valence-corrected chi connectivity index (χ3v) is 1.96. The standard InChI is InChI=1S/C4H7F3NO3S/c1-11-3-2-8-12(9,10)4(5,6)7/h2-3H2,1H3/q-1. The van der Waals surface area contributed by atoms with Gasteiger partial charge >= 0.3 is 5.51 Å². The molecule has 0 aromatic carbocycles. The zero-order valence-electron chi connectivity index (χ0n) is 6.13. The van der Waals surface area contributed by atoms with E-state index in [2.05, 4.69) is 9.46 Å². The number of methoxy groups -OCH3 is 1. The van der Waals surface area contributed by atoms with E-state index in [4.69, 9.17) is 0 Å². The van der Waals surface area contributed by atoms with E-state index in [9.17, 15) is 21.6 Å². The van der Waals surface area contributed by atoms with Gasteiger partial charge in [-0.15, -0.1) is 6.54 Å². The van der Waals surface area contributed by atoms with Crippen molar-refractivity contribution >= 4 is 10.0 Å². The lowest BCUT2D eigenvalue weighted by molar-refractivity contribution is -0.0427. The molecule has 0 N–H and O–H groups in total. The Hall–Kier alpha value is -0.340. The first-order chi connectivity index (χ1) is 5.31. The van der Waals surface area contributed by atoms with Crippen LogP contribution in [0.2, 0.25) is 0 Å². The average molecular weight is 206 g/mol. The highest BCUT2D eigenvalue weighted by atomic mass is 32.2. The zero-order chi connectivity index (χ0) is 9.83. The number of hydrogen-bond donors (Lipinski definition) is 0. The molecule has 0 unspecified atom stereocenters. The minimum atomic E-state index is -5.32. The lowest BCUT2D eigenvalue weighted by Gasteiger charge is -2.20. The summed E-state index contributed by atoms with van der Waals surface area (Å²) < 4.78 is 61.7. The molecule has 0 aromatic heterocycles. The van der Waals surface area contributed by atoms with E-state index in [0.717, 1.165) is 0 Å². The first-order valence-electron chi connectivity index (χ1n) is 2.80. The molecule has 0 spiro atoms. The molecule has 0 rings (SSSR count). The Labute approximate surface area is 67.8 Å². The summed E-state index contributed by atoms with van der Waals surface area (Å²) in [6.07, 6.45) is 0. The molecule has 4 nitrogen and oxygen atoms in total. The number of nitrogens with zero attached hydrogens (tertiary/aromatic N) is 1. The van der Waals surface area contributed by atoms with Crippen LogP contribution in [0.1, 0.15) is 0 Å². The fourth-order valence-electron chi connectivity index (χ4n) is 0.322. The van der Waals surface area contributed by atoms with Crippen LogP contribution in [0.4, 0.5) is 13.2 Å². The molecule has 0 saturated carbocycles. The maximum Gasteiger partial charge on any atom is 0.480 e. The van der Waals surface area contributed by atoms with Gasteiger partial charge in [0.2, 0.25) is 0 Å². The van der Waals surface area contributed by atoms with Crippen LogP contribution in [0, 0.1) is 0 Å². The predicted molar refractivity (Wildman–Crippen MR) is 35.1 cm³/mol. The van der Waals surface area contributed by atoms with Crippen molar-refractivity contribution in [1.29, 1.82) is 0 Å². The van der Waals surface area contributed by atoms with Gasteiger partial charge in [-0.05, 0) is 0 Å². The Morgan fingerprint density at radius 1 is 1.42 bits per heavy atom. The van der Waals surface area contributed by atoms with Gasteiger partial charge in [-0.1, -0.05) is 0 Å². The summed E-state index contributed by atoms with van der Waals surface area (Å²) >= 11 is 0. The predicted octanol–water partition coefficient (Wildman–Crippen LogP) is 0.856. The van der Waals surface area contributed by atoms with Crippen LogP contribution in [0.5, 0.6) is 0 Å². The van der Waals surface area contributed by atoms with E-state index < -0.39 is 22.1 Å². The van der Waals surface area contributed by atoms with Crippen molar-refractivity contribution in [3.63, 3.8) is 0 Å². The lowest BCUT2D eigenvalue weighted by atomic mass is 10.7. The molecule has 0 atom stereocenters. The molecule has 0 aliphatic rings. The minimum Gasteiger partial charge on any atom is -0.539 e. The second kappa shape index (κ2) is 4.06. The van der Waals surface area contributed by atoms with Gasteiger partial charge in [-0.25, -0.2) is 8.42 Å². The number of hydrogen-bond acceptors (Lipinski definition) is 3. The summed E-state index contributed by atoms with van der Waals surface area (Å²) in [5.41, 5.74) is -5.30. The normalized spacial score (nSPS) is 13.3. The molecule has 0 fully saturated rings. The molecule has 0 amide bonds.